The predicted octanol–water partition coefficient (Wildman–Crippen LogP) is 3.82. The van der Waals surface area contributed by atoms with Crippen LogP contribution in [0.4, 0.5) is 0 Å². The van der Waals surface area contributed by atoms with Crippen LogP contribution in [0.2, 0.25) is 5.02 Å². The second kappa shape index (κ2) is 7.28. The largest absolute Gasteiger partial charge is 0.326 e. The molecule has 2 nitrogen and oxygen atoms in total. The molecule has 0 aromatic heterocycles. The number of hydrogen-bond donors (Lipinski definition) is 1. The van der Waals surface area contributed by atoms with Gasteiger partial charge in [-0.05, 0) is 43.5 Å². The Balaban J connectivity index is 2.03. The van der Waals surface area contributed by atoms with Gasteiger partial charge in [0.25, 0.3) is 0 Å². The number of hydrogen-bond acceptors (Lipinski definition) is 2. The van der Waals surface area contributed by atoms with E-state index in [1.165, 1.54) is 31.2 Å². The third-order valence-corrected chi connectivity index (χ3v) is 4.29. The number of likely N-dealkylation sites (tertiary alicyclic amines) is 1. The Hall–Kier alpha value is -0.570. The molecular weight excluding hydrogens is 256 g/mol. The summed E-state index contributed by atoms with van der Waals surface area (Å²) in [5.74, 6) is 0. The van der Waals surface area contributed by atoms with E-state index in [0.717, 1.165) is 24.5 Å². The molecule has 0 saturated carbocycles. The van der Waals surface area contributed by atoms with Gasteiger partial charge < -0.3 is 5.73 Å². The number of halogens is 1. The van der Waals surface area contributed by atoms with E-state index in [-0.39, 0.29) is 0 Å². The topological polar surface area (TPSA) is 29.3 Å². The second-order valence-electron chi connectivity index (χ2n) is 5.62. The monoisotopic (exact) mass is 280 g/mol. The van der Waals surface area contributed by atoms with Crippen molar-refractivity contribution < 1.29 is 0 Å². The van der Waals surface area contributed by atoms with Gasteiger partial charge in [0.15, 0.2) is 0 Å². The Kier molecular flexibility index (Phi) is 5.68. The molecule has 0 aliphatic carbocycles. The van der Waals surface area contributed by atoms with Gasteiger partial charge in [-0.25, -0.2) is 0 Å². The SMILES string of the molecule is CCCC(N)C1CCCCN1Cc1cccc(Cl)c1. The van der Waals surface area contributed by atoms with E-state index in [1.807, 2.05) is 12.1 Å². The van der Waals surface area contributed by atoms with Crippen LogP contribution in [0, 0.1) is 0 Å². The van der Waals surface area contributed by atoms with Crippen LogP contribution < -0.4 is 5.73 Å². The highest BCUT2D eigenvalue weighted by Gasteiger charge is 2.27. The fraction of sp³-hybridized carbons (Fsp3) is 0.625. The van der Waals surface area contributed by atoms with Crippen molar-refractivity contribution >= 4 is 11.6 Å². The summed E-state index contributed by atoms with van der Waals surface area (Å²) in [6, 6.07) is 9.03. The minimum Gasteiger partial charge on any atom is -0.326 e. The molecule has 1 aliphatic heterocycles. The van der Waals surface area contributed by atoms with E-state index in [1.54, 1.807) is 0 Å². The van der Waals surface area contributed by atoms with Crippen LogP contribution >= 0.6 is 11.6 Å². The standard InChI is InChI=1S/C16H25ClN2/c1-2-6-15(18)16-9-3-4-10-19(16)12-13-7-5-8-14(17)11-13/h5,7-8,11,15-16H,2-4,6,9-10,12,18H2,1H3. The van der Waals surface area contributed by atoms with Crippen molar-refractivity contribution in [2.24, 2.45) is 5.73 Å². The second-order valence-corrected chi connectivity index (χ2v) is 6.05. The normalized spacial score (nSPS) is 22.4. The first kappa shape index (κ1) is 14.8. The maximum atomic E-state index is 6.37. The summed E-state index contributed by atoms with van der Waals surface area (Å²) in [5, 5.41) is 0.823. The van der Waals surface area contributed by atoms with E-state index in [2.05, 4.69) is 24.0 Å². The smallest absolute Gasteiger partial charge is 0.0409 e. The predicted molar refractivity (Wildman–Crippen MR) is 82.4 cm³/mol. The zero-order chi connectivity index (χ0) is 13.7. The first-order valence-electron chi connectivity index (χ1n) is 7.44. The fourth-order valence-corrected chi connectivity index (χ4v) is 3.31. The van der Waals surface area contributed by atoms with Crippen molar-refractivity contribution in [2.45, 2.75) is 57.7 Å². The van der Waals surface area contributed by atoms with Crippen molar-refractivity contribution in [3.8, 4) is 0 Å². The molecule has 1 aliphatic rings. The number of rotatable bonds is 5. The van der Waals surface area contributed by atoms with Gasteiger partial charge in [0, 0.05) is 23.7 Å². The van der Waals surface area contributed by atoms with Crippen LogP contribution in [0.3, 0.4) is 0 Å². The van der Waals surface area contributed by atoms with Gasteiger partial charge in [0.2, 0.25) is 0 Å². The lowest BCUT2D eigenvalue weighted by Gasteiger charge is -2.39. The summed E-state index contributed by atoms with van der Waals surface area (Å²) in [6.07, 6.45) is 6.13. The molecule has 2 atom stereocenters. The van der Waals surface area contributed by atoms with Crippen LogP contribution in [0.5, 0.6) is 0 Å². The van der Waals surface area contributed by atoms with E-state index in [9.17, 15) is 0 Å². The molecule has 1 aromatic rings. The maximum Gasteiger partial charge on any atom is 0.0409 e. The zero-order valence-corrected chi connectivity index (χ0v) is 12.6. The maximum absolute atomic E-state index is 6.37. The van der Waals surface area contributed by atoms with E-state index < -0.39 is 0 Å². The summed E-state index contributed by atoms with van der Waals surface area (Å²) >= 11 is 6.07. The zero-order valence-electron chi connectivity index (χ0n) is 11.8. The van der Waals surface area contributed by atoms with Gasteiger partial charge in [0.1, 0.15) is 0 Å². The number of nitrogens with two attached hydrogens (primary N) is 1. The van der Waals surface area contributed by atoms with Crippen molar-refractivity contribution in [1.82, 2.24) is 4.90 Å². The lowest BCUT2D eigenvalue weighted by molar-refractivity contribution is 0.115. The molecule has 2 rings (SSSR count). The van der Waals surface area contributed by atoms with Crippen molar-refractivity contribution in [2.75, 3.05) is 6.54 Å². The van der Waals surface area contributed by atoms with Crippen molar-refractivity contribution in [3.05, 3.63) is 34.9 Å². The van der Waals surface area contributed by atoms with Crippen LogP contribution in [0.1, 0.15) is 44.6 Å². The Morgan fingerprint density at radius 3 is 3.00 bits per heavy atom. The lowest BCUT2D eigenvalue weighted by Crippen LogP contribution is -2.49. The summed E-state index contributed by atoms with van der Waals surface area (Å²) in [7, 11) is 0. The molecule has 1 saturated heterocycles. The Morgan fingerprint density at radius 1 is 1.42 bits per heavy atom. The average molecular weight is 281 g/mol. The van der Waals surface area contributed by atoms with E-state index >= 15 is 0 Å². The molecular formula is C16H25ClN2. The summed E-state index contributed by atoms with van der Waals surface area (Å²) < 4.78 is 0. The van der Waals surface area contributed by atoms with Gasteiger partial charge in [-0.15, -0.1) is 0 Å². The third kappa shape index (κ3) is 4.20. The number of nitrogens with zero attached hydrogens (tertiary/aromatic N) is 1. The molecule has 1 aromatic carbocycles. The average Bonchev–Trinajstić information content (AvgIpc) is 2.39. The van der Waals surface area contributed by atoms with Gasteiger partial charge in [0.05, 0.1) is 0 Å². The van der Waals surface area contributed by atoms with Crippen molar-refractivity contribution in [1.29, 1.82) is 0 Å². The summed E-state index contributed by atoms with van der Waals surface area (Å²) in [6.45, 7) is 4.35. The molecule has 106 valence electrons. The Morgan fingerprint density at radius 2 is 2.26 bits per heavy atom. The van der Waals surface area contributed by atoms with Crippen molar-refractivity contribution in [3.63, 3.8) is 0 Å². The fourth-order valence-electron chi connectivity index (χ4n) is 3.09. The highest BCUT2D eigenvalue weighted by atomic mass is 35.5. The van der Waals surface area contributed by atoms with Gasteiger partial charge in [-0.3, -0.25) is 4.90 Å². The van der Waals surface area contributed by atoms with Crippen LogP contribution in [-0.4, -0.2) is 23.5 Å². The Labute approximate surface area is 121 Å². The molecule has 1 heterocycles. The molecule has 0 spiro atoms. The lowest BCUT2D eigenvalue weighted by atomic mass is 9.93. The summed E-state index contributed by atoms with van der Waals surface area (Å²) in [4.78, 5) is 2.55. The minimum absolute atomic E-state index is 0.310. The van der Waals surface area contributed by atoms with E-state index in [4.69, 9.17) is 17.3 Å². The molecule has 2 N–H and O–H groups in total. The van der Waals surface area contributed by atoms with Gasteiger partial charge in [-0.2, -0.15) is 0 Å². The highest BCUT2D eigenvalue weighted by molar-refractivity contribution is 6.30. The van der Waals surface area contributed by atoms with Crippen LogP contribution in [0.15, 0.2) is 24.3 Å². The summed E-state index contributed by atoms with van der Waals surface area (Å²) in [5.41, 5.74) is 7.66. The molecule has 3 heteroatoms. The molecule has 19 heavy (non-hydrogen) atoms. The molecule has 2 unspecified atom stereocenters. The molecule has 0 radical (unpaired) electrons. The van der Waals surface area contributed by atoms with Gasteiger partial charge >= 0.3 is 0 Å². The van der Waals surface area contributed by atoms with E-state index in [0.29, 0.717) is 12.1 Å². The first-order chi connectivity index (χ1) is 9.20. The number of piperidine rings is 1. The van der Waals surface area contributed by atoms with Gasteiger partial charge in [-0.1, -0.05) is 43.5 Å². The molecule has 0 bridgehead atoms. The van der Waals surface area contributed by atoms with Crippen LogP contribution in [0.25, 0.3) is 0 Å². The number of benzene rings is 1. The first-order valence-corrected chi connectivity index (χ1v) is 7.82. The highest BCUT2D eigenvalue weighted by Crippen LogP contribution is 2.23. The molecule has 1 fully saturated rings. The minimum atomic E-state index is 0.310. The molecule has 0 amide bonds. The Bertz CT molecular complexity index is 394. The third-order valence-electron chi connectivity index (χ3n) is 4.06. The quantitative estimate of drug-likeness (QED) is 0.888. The van der Waals surface area contributed by atoms with Crippen LogP contribution in [-0.2, 0) is 6.54 Å².